The van der Waals surface area contributed by atoms with E-state index in [0.717, 1.165) is 17.8 Å². The second-order valence-electron chi connectivity index (χ2n) is 13.8. The fraction of sp³-hybridized carbons (Fsp3) is 0.697. The molecule has 3 saturated carbocycles. The highest BCUT2D eigenvalue weighted by Gasteiger charge is 2.78. The lowest BCUT2D eigenvalue weighted by atomic mass is 9.44. The van der Waals surface area contributed by atoms with Crippen molar-refractivity contribution in [2.45, 2.75) is 97.7 Å². The lowest BCUT2D eigenvalue weighted by Crippen LogP contribution is -2.70. The van der Waals surface area contributed by atoms with Crippen LogP contribution in [0, 0.1) is 45.8 Å². The van der Waals surface area contributed by atoms with Crippen LogP contribution in [0.3, 0.4) is 0 Å². The maximum atomic E-state index is 17.5. The number of hydrogen-bond donors (Lipinski definition) is 1. The first-order valence-corrected chi connectivity index (χ1v) is 15.9. The number of halogens is 2. The van der Waals surface area contributed by atoms with Gasteiger partial charge in [0.2, 0.25) is 5.12 Å². The minimum absolute atomic E-state index is 0.00273. The van der Waals surface area contributed by atoms with Crippen molar-refractivity contribution in [3.8, 4) is 11.8 Å². The third kappa shape index (κ3) is 5.08. The summed E-state index contributed by atoms with van der Waals surface area (Å²) < 4.78 is 44.5. The summed E-state index contributed by atoms with van der Waals surface area (Å²) in [5.41, 5.74) is -7.42. The number of esters is 2. The summed E-state index contributed by atoms with van der Waals surface area (Å²) in [4.78, 5) is 51.0. The highest BCUT2D eigenvalue weighted by molar-refractivity contribution is 8.14. The van der Waals surface area contributed by atoms with Crippen LogP contribution in [-0.4, -0.2) is 63.8 Å². The number of carbonyl (C=O) groups is 4. The van der Waals surface area contributed by atoms with E-state index in [4.69, 9.17) is 9.47 Å². The normalized spacial score (nSPS) is 39.8. The first kappa shape index (κ1) is 33.4. The van der Waals surface area contributed by atoms with Gasteiger partial charge in [0.05, 0.1) is 17.3 Å². The third-order valence-electron chi connectivity index (χ3n) is 10.3. The molecule has 0 aromatic rings. The molecule has 43 heavy (non-hydrogen) atoms. The Morgan fingerprint density at radius 3 is 2.47 bits per heavy atom. The lowest BCUT2D eigenvalue weighted by molar-refractivity contribution is -0.228. The molecule has 4 rings (SSSR count). The first-order chi connectivity index (χ1) is 19.9. The minimum atomic E-state index is -2.31. The molecule has 4 aliphatic carbocycles. The van der Waals surface area contributed by atoms with Crippen molar-refractivity contribution in [3.63, 3.8) is 0 Å². The van der Waals surface area contributed by atoms with E-state index in [1.165, 1.54) is 19.1 Å². The second-order valence-corrected chi connectivity index (χ2v) is 14.8. The second kappa shape index (κ2) is 11.4. The van der Waals surface area contributed by atoms with Crippen LogP contribution >= 0.6 is 11.8 Å². The summed E-state index contributed by atoms with van der Waals surface area (Å²) in [5, 5.41) is 11.2. The molecule has 0 radical (unpaired) electrons. The van der Waals surface area contributed by atoms with Gasteiger partial charge in [0, 0.05) is 29.1 Å². The van der Waals surface area contributed by atoms with Crippen LogP contribution in [0.15, 0.2) is 23.8 Å². The molecule has 0 bridgehead atoms. The van der Waals surface area contributed by atoms with Gasteiger partial charge in [0.25, 0.3) is 0 Å². The topological polar surface area (TPSA) is 107 Å². The van der Waals surface area contributed by atoms with Gasteiger partial charge in [-0.3, -0.25) is 19.2 Å². The molecule has 0 saturated heterocycles. The molecule has 9 atom stereocenters. The molecule has 0 amide bonds. The first-order valence-electron chi connectivity index (χ1n) is 14.9. The summed E-state index contributed by atoms with van der Waals surface area (Å²) in [5.74, 6) is 1.97. The number of ether oxygens (including phenoxy) is 2. The van der Waals surface area contributed by atoms with Gasteiger partial charge in [0.15, 0.2) is 23.7 Å². The van der Waals surface area contributed by atoms with Crippen LogP contribution in [0.1, 0.15) is 74.1 Å². The average Bonchev–Trinajstić information content (AvgIpc) is 3.14. The summed E-state index contributed by atoms with van der Waals surface area (Å²) in [6, 6.07) is 0. The molecular formula is C33H42F2O7S. The third-order valence-corrected chi connectivity index (χ3v) is 11.2. The predicted molar refractivity (Wildman–Crippen MR) is 158 cm³/mol. The molecular weight excluding hydrogens is 578 g/mol. The predicted octanol–water partition coefficient (Wildman–Crippen LogP) is 5.10. The van der Waals surface area contributed by atoms with E-state index in [1.807, 2.05) is 0 Å². The highest BCUT2D eigenvalue weighted by atomic mass is 32.2. The smallest absolute Gasteiger partial charge is 0.312 e. The van der Waals surface area contributed by atoms with Crippen molar-refractivity contribution in [1.82, 2.24) is 0 Å². The number of aliphatic hydroxyl groups excluding tert-OH is 1. The molecule has 0 spiro atoms. The number of rotatable bonds is 5. The van der Waals surface area contributed by atoms with E-state index in [2.05, 4.69) is 11.8 Å². The largest absolute Gasteiger partial charge is 0.452 e. The lowest BCUT2D eigenvalue weighted by Gasteiger charge is -2.63. The number of fused-ring (bicyclic) bond motifs is 5. The Hall–Kier alpha value is -2.51. The number of allylic oxidation sites excluding steroid dienone is 4. The van der Waals surface area contributed by atoms with E-state index in [-0.39, 0.29) is 43.6 Å². The quantitative estimate of drug-likeness (QED) is 0.335. The monoisotopic (exact) mass is 620 g/mol. The van der Waals surface area contributed by atoms with Gasteiger partial charge in [0.1, 0.15) is 6.17 Å². The molecule has 0 aromatic carbocycles. The van der Waals surface area contributed by atoms with Crippen molar-refractivity contribution >= 4 is 34.6 Å². The van der Waals surface area contributed by atoms with E-state index in [1.54, 1.807) is 41.5 Å². The van der Waals surface area contributed by atoms with Crippen LogP contribution in [-0.2, 0) is 28.7 Å². The van der Waals surface area contributed by atoms with Gasteiger partial charge in [-0.25, -0.2) is 8.78 Å². The number of hydrogen-bond acceptors (Lipinski definition) is 8. The Balaban J connectivity index is 1.66. The Morgan fingerprint density at radius 2 is 1.84 bits per heavy atom. The Labute approximate surface area is 256 Å². The zero-order valence-electron chi connectivity index (χ0n) is 25.9. The Morgan fingerprint density at radius 1 is 1.16 bits per heavy atom. The number of ketones is 1. The number of carbonyl (C=O) groups excluding carboxylic acids is 4. The van der Waals surface area contributed by atoms with Gasteiger partial charge in [-0.15, -0.1) is 0 Å². The molecule has 1 N–H and O–H groups in total. The SMILES string of the molecule is CCC(=O)O[C@]1(C(=O)SCC#CCOC(=O)C(C)(C)C)[C@H](C)C[C@H]2[C@@H]3C[C@H](F)C4=CC(=O)C=C[C@]4(C)[C@@]3(F)[C@@H](O)C[C@@]21C. The zero-order valence-corrected chi connectivity index (χ0v) is 26.7. The number of aliphatic hydroxyl groups is 1. The molecule has 7 nitrogen and oxygen atoms in total. The van der Waals surface area contributed by atoms with Gasteiger partial charge < -0.3 is 14.6 Å². The van der Waals surface area contributed by atoms with Gasteiger partial charge in [-0.05, 0) is 70.6 Å². The zero-order chi connectivity index (χ0) is 32.2. The molecule has 3 fully saturated rings. The maximum absolute atomic E-state index is 17.5. The van der Waals surface area contributed by atoms with Crippen molar-refractivity contribution in [1.29, 1.82) is 0 Å². The number of alkyl halides is 2. The van der Waals surface area contributed by atoms with Crippen molar-refractivity contribution < 1.29 is 42.5 Å². The minimum Gasteiger partial charge on any atom is -0.452 e. The molecule has 10 heteroatoms. The standard InChI is InChI=1S/C33H42F2O7S/c1-8-26(38)42-33(28(40)43-14-10-9-13-41-27(39)29(3,4)5)19(2)15-21-22-17-24(34)23-16-20(36)11-12-30(23,6)32(22,35)25(37)18-31(21,33)7/h11-12,16,19,21-22,24-25,37H,8,13-15,17-18H2,1-7H3/t19-,21+,22+,24+,25+,30+,31+,32+,33+/m1/s1. The van der Waals surface area contributed by atoms with Crippen LogP contribution in [0.5, 0.6) is 0 Å². The summed E-state index contributed by atoms with van der Waals surface area (Å²) in [7, 11) is 0. The fourth-order valence-electron chi connectivity index (χ4n) is 8.10. The summed E-state index contributed by atoms with van der Waals surface area (Å²) in [6.45, 7) is 11.7. The van der Waals surface area contributed by atoms with E-state index in [9.17, 15) is 24.3 Å². The van der Waals surface area contributed by atoms with Crippen LogP contribution in [0.2, 0.25) is 0 Å². The highest BCUT2D eigenvalue weighted by Crippen LogP contribution is 2.72. The van der Waals surface area contributed by atoms with Crippen LogP contribution in [0.25, 0.3) is 0 Å². The summed E-state index contributed by atoms with van der Waals surface area (Å²) >= 11 is 0.858. The van der Waals surface area contributed by atoms with E-state index < -0.39 is 80.4 Å². The van der Waals surface area contributed by atoms with Gasteiger partial charge >= 0.3 is 11.9 Å². The number of thioether (sulfide) groups is 1. The molecule has 4 aliphatic rings. The molecule has 0 aromatic heterocycles. The van der Waals surface area contributed by atoms with E-state index in [0.29, 0.717) is 0 Å². The Bertz CT molecular complexity index is 1320. The van der Waals surface area contributed by atoms with E-state index >= 15 is 8.78 Å². The average molecular weight is 621 g/mol. The van der Waals surface area contributed by atoms with Crippen molar-refractivity contribution in [2.75, 3.05) is 12.4 Å². The van der Waals surface area contributed by atoms with Crippen LogP contribution < -0.4 is 0 Å². The molecule has 236 valence electrons. The molecule has 0 heterocycles. The summed E-state index contributed by atoms with van der Waals surface area (Å²) in [6.07, 6.45) is 0.307. The molecule has 0 aliphatic heterocycles. The molecule has 0 unspecified atom stereocenters. The fourth-order valence-corrected chi connectivity index (χ4v) is 9.09. The Kier molecular flexibility index (Phi) is 8.89. The van der Waals surface area contributed by atoms with Gasteiger partial charge in [-0.1, -0.05) is 50.4 Å². The van der Waals surface area contributed by atoms with Crippen molar-refractivity contribution in [3.05, 3.63) is 23.8 Å². The van der Waals surface area contributed by atoms with Gasteiger partial charge in [-0.2, -0.15) is 0 Å². The maximum Gasteiger partial charge on any atom is 0.312 e. The van der Waals surface area contributed by atoms with Crippen molar-refractivity contribution in [2.24, 2.45) is 34.0 Å². The van der Waals surface area contributed by atoms with Crippen LogP contribution in [0.4, 0.5) is 8.78 Å².